The van der Waals surface area contributed by atoms with E-state index in [4.69, 9.17) is 16.2 Å². The van der Waals surface area contributed by atoms with Gasteiger partial charge in [-0.25, -0.2) is 14.6 Å². The number of nitrogens with one attached hydrogen (secondary N) is 2. The van der Waals surface area contributed by atoms with Crippen LogP contribution in [0.1, 0.15) is 38.0 Å². The number of rotatable bonds is 2. The monoisotopic (exact) mass is 309 g/mol. The van der Waals surface area contributed by atoms with Crippen LogP contribution in [0, 0.1) is 6.92 Å². The van der Waals surface area contributed by atoms with Crippen molar-refractivity contribution in [3.05, 3.63) is 22.4 Å². The molecule has 0 unspecified atom stereocenters. The van der Waals surface area contributed by atoms with Gasteiger partial charge in [0.25, 0.3) is 0 Å². The Labute approximate surface area is 126 Å². The summed E-state index contributed by atoms with van der Waals surface area (Å²) in [6.45, 7) is 8.38. The fourth-order valence-corrected chi connectivity index (χ4v) is 2.20. The summed E-state index contributed by atoms with van der Waals surface area (Å²) in [6.07, 6.45) is 0. The van der Waals surface area contributed by atoms with Crippen molar-refractivity contribution in [1.82, 2.24) is 25.8 Å². The van der Waals surface area contributed by atoms with E-state index in [2.05, 4.69) is 31.2 Å². The number of aryl methyl sites for hydroxylation is 1. The molecule has 2 aromatic heterocycles. The van der Waals surface area contributed by atoms with Gasteiger partial charge in [0.2, 0.25) is 0 Å². The van der Waals surface area contributed by atoms with Crippen molar-refractivity contribution < 1.29 is 4.63 Å². The summed E-state index contributed by atoms with van der Waals surface area (Å²) in [7, 11) is 0. The molecular formula is C12H16ClN7O. The van der Waals surface area contributed by atoms with Gasteiger partial charge in [-0.05, 0) is 6.92 Å². The fraction of sp³-hybridized carbons (Fsp3) is 0.500. The number of aromatic nitrogens is 4. The van der Waals surface area contributed by atoms with Crippen LogP contribution in [0.25, 0.3) is 0 Å². The van der Waals surface area contributed by atoms with Gasteiger partial charge in [-0.1, -0.05) is 42.7 Å². The number of anilines is 2. The molecule has 0 spiro atoms. The first-order valence-corrected chi connectivity index (χ1v) is 6.89. The minimum atomic E-state index is -0.180. The summed E-state index contributed by atoms with van der Waals surface area (Å²) in [5, 5.41) is 9.78. The van der Waals surface area contributed by atoms with Crippen LogP contribution in [-0.2, 0) is 12.0 Å². The third-order valence-electron chi connectivity index (χ3n) is 3.15. The summed E-state index contributed by atoms with van der Waals surface area (Å²) in [5.74, 6) is 1.33. The van der Waals surface area contributed by atoms with Gasteiger partial charge < -0.3 is 0 Å². The normalized spacial score (nSPS) is 14.2. The van der Waals surface area contributed by atoms with Crippen molar-refractivity contribution in [3.8, 4) is 0 Å². The first kappa shape index (κ1) is 14.0. The topological polar surface area (TPSA) is 92.0 Å². The van der Waals surface area contributed by atoms with Crippen LogP contribution in [-0.4, -0.2) is 20.3 Å². The zero-order chi connectivity index (χ0) is 15.2. The molecule has 8 nitrogen and oxygen atoms in total. The molecule has 1 aliphatic rings. The first-order chi connectivity index (χ1) is 9.86. The fourth-order valence-electron chi connectivity index (χ4n) is 1.93. The summed E-state index contributed by atoms with van der Waals surface area (Å²) in [6, 6.07) is 0. The van der Waals surface area contributed by atoms with E-state index in [9.17, 15) is 0 Å². The van der Waals surface area contributed by atoms with Crippen molar-refractivity contribution in [2.24, 2.45) is 0 Å². The van der Waals surface area contributed by atoms with Crippen molar-refractivity contribution in [3.63, 3.8) is 0 Å². The molecular weight excluding hydrogens is 294 g/mol. The predicted molar refractivity (Wildman–Crippen MR) is 77.7 cm³/mol. The Bertz CT molecular complexity index is 679. The minimum absolute atomic E-state index is 0.180. The molecule has 0 saturated carbocycles. The SMILES string of the molecule is Cc1nonc1CN1NNc2nc(C(C)(C)C)nc(Cl)c21. The molecule has 21 heavy (non-hydrogen) atoms. The van der Waals surface area contributed by atoms with Gasteiger partial charge in [-0.2, -0.15) is 0 Å². The van der Waals surface area contributed by atoms with Crippen LogP contribution in [0.2, 0.25) is 5.15 Å². The van der Waals surface area contributed by atoms with E-state index < -0.39 is 0 Å². The lowest BCUT2D eigenvalue weighted by atomic mass is 9.96. The summed E-state index contributed by atoms with van der Waals surface area (Å²) in [5.41, 5.74) is 7.94. The van der Waals surface area contributed by atoms with Crippen molar-refractivity contribution in [2.45, 2.75) is 39.7 Å². The molecule has 0 saturated heterocycles. The number of hydrogen-bond acceptors (Lipinski definition) is 8. The first-order valence-electron chi connectivity index (χ1n) is 6.51. The van der Waals surface area contributed by atoms with E-state index in [1.807, 2.05) is 27.7 Å². The second-order valence-corrected chi connectivity index (χ2v) is 6.26. The van der Waals surface area contributed by atoms with Gasteiger partial charge in [-0.15, -0.1) is 5.53 Å². The molecule has 112 valence electrons. The summed E-state index contributed by atoms with van der Waals surface area (Å²) < 4.78 is 4.70. The molecule has 9 heteroatoms. The van der Waals surface area contributed by atoms with Gasteiger partial charge in [0.1, 0.15) is 22.9 Å². The Morgan fingerprint density at radius 2 is 2.00 bits per heavy atom. The zero-order valence-electron chi connectivity index (χ0n) is 12.2. The average Bonchev–Trinajstić information content (AvgIpc) is 2.97. The van der Waals surface area contributed by atoms with Gasteiger partial charge in [-0.3, -0.25) is 10.4 Å². The third-order valence-corrected chi connectivity index (χ3v) is 3.41. The highest BCUT2D eigenvalue weighted by molar-refractivity contribution is 6.32. The number of nitrogens with zero attached hydrogens (tertiary/aromatic N) is 5. The maximum absolute atomic E-state index is 6.32. The molecule has 0 fully saturated rings. The van der Waals surface area contributed by atoms with Crippen LogP contribution in [0.4, 0.5) is 11.5 Å². The molecule has 1 aliphatic heterocycles. The Kier molecular flexibility index (Phi) is 3.22. The average molecular weight is 310 g/mol. The van der Waals surface area contributed by atoms with Crippen LogP contribution >= 0.6 is 11.6 Å². The maximum atomic E-state index is 6.32. The summed E-state index contributed by atoms with van der Waals surface area (Å²) in [4.78, 5) is 8.91. The minimum Gasteiger partial charge on any atom is -0.286 e. The van der Waals surface area contributed by atoms with E-state index in [-0.39, 0.29) is 5.41 Å². The van der Waals surface area contributed by atoms with Crippen LogP contribution < -0.4 is 16.0 Å². The second kappa shape index (κ2) is 4.81. The zero-order valence-corrected chi connectivity index (χ0v) is 13.0. The van der Waals surface area contributed by atoms with Crippen molar-refractivity contribution >= 4 is 23.1 Å². The Morgan fingerprint density at radius 1 is 1.24 bits per heavy atom. The van der Waals surface area contributed by atoms with Gasteiger partial charge >= 0.3 is 0 Å². The largest absolute Gasteiger partial charge is 0.286 e. The predicted octanol–water partition coefficient (Wildman–Crippen LogP) is 1.97. The standard InChI is InChI=1S/C12H16ClN7O/c1-6-7(18-21-17-6)5-20-8-9(13)14-11(12(2,3)4)15-10(8)16-19-20/h19H,5H2,1-4H3,(H,14,15,16). The second-order valence-electron chi connectivity index (χ2n) is 5.90. The number of hydrogen-bond donors (Lipinski definition) is 2. The smallest absolute Gasteiger partial charge is 0.172 e. The Hall–Kier alpha value is -1.93. The van der Waals surface area contributed by atoms with E-state index in [1.54, 1.807) is 5.01 Å². The highest BCUT2D eigenvalue weighted by Crippen LogP contribution is 2.36. The van der Waals surface area contributed by atoms with Gasteiger partial charge in [0.05, 0.1) is 6.54 Å². The molecule has 0 bridgehead atoms. The molecule has 0 atom stereocenters. The molecule has 3 rings (SSSR count). The molecule has 3 heterocycles. The lowest BCUT2D eigenvalue weighted by Gasteiger charge is -2.19. The lowest BCUT2D eigenvalue weighted by molar-refractivity contribution is 0.301. The van der Waals surface area contributed by atoms with E-state index >= 15 is 0 Å². The lowest BCUT2D eigenvalue weighted by Crippen LogP contribution is -2.35. The number of hydrazine groups is 2. The molecule has 2 N–H and O–H groups in total. The molecule has 0 aliphatic carbocycles. The maximum Gasteiger partial charge on any atom is 0.172 e. The van der Waals surface area contributed by atoms with Gasteiger partial charge in [0, 0.05) is 5.41 Å². The number of fused-ring (bicyclic) bond motifs is 1. The molecule has 0 aromatic carbocycles. The Morgan fingerprint density at radius 3 is 2.62 bits per heavy atom. The Balaban J connectivity index is 1.94. The van der Waals surface area contributed by atoms with Crippen molar-refractivity contribution in [1.29, 1.82) is 0 Å². The quantitative estimate of drug-likeness (QED) is 0.814. The van der Waals surface area contributed by atoms with E-state index in [0.717, 1.165) is 5.69 Å². The van der Waals surface area contributed by atoms with E-state index in [0.29, 0.717) is 34.7 Å². The van der Waals surface area contributed by atoms with Crippen LogP contribution in [0.15, 0.2) is 4.63 Å². The summed E-state index contributed by atoms with van der Waals surface area (Å²) >= 11 is 6.32. The molecule has 0 amide bonds. The highest BCUT2D eigenvalue weighted by atomic mass is 35.5. The van der Waals surface area contributed by atoms with Gasteiger partial charge in [0.15, 0.2) is 11.0 Å². The molecule has 0 radical (unpaired) electrons. The highest BCUT2D eigenvalue weighted by Gasteiger charge is 2.29. The van der Waals surface area contributed by atoms with Crippen LogP contribution in [0.5, 0.6) is 0 Å². The third kappa shape index (κ3) is 2.52. The van der Waals surface area contributed by atoms with E-state index in [1.165, 1.54) is 0 Å². The van der Waals surface area contributed by atoms with Crippen molar-refractivity contribution in [2.75, 3.05) is 10.4 Å². The molecule has 2 aromatic rings. The van der Waals surface area contributed by atoms with Crippen LogP contribution in [0.3, 0.4) is 0 Å². The number of halogens is 1.